The fourth-order valence-electron chi connectivity index (χ4n) is 3.38. The van der Waals surface area contributed by atoms with Crippen LogP contribution in [0.2, 0.25) is 0 Å². The Morgan fingerprint density at radius 2 is 1.95 bits per heavy atom. The summed E-state index contributed by atoms with van der Waals surface area (Å²) in [4.78, 5) is 0. The zero-order valence-corrected chi connectivity index (χ0v) is 12.3. The van der Waals surface area contributed by atoms with E-state index in [-0.39, 0.29) is 6.10 Å². The van der Waals surface area contributed by atoms with Crippen LogP contribution in [0.25, 0.3) is 0 Å². The second-order valence-corrected chi connectivity index (χ2v) is 6.26. The zero-order chi connectivity index (χ0) is 13.9. The van der Waals surface area contributed by atoms with Crippen molar-refractivity contribution < 1.29 is 9.84 Å². The van der Waals surface area contributed by atoms with Gasteiger partial charge in [0.25, 0.3) is 0 Å². The minimum absolute atomic E-state index is 0.0829. The molecule has 1 heterocycles. The standard InChI is InChI=1S/C17H25NO2/c1-12-4-9-15-16(3-2-10-20-17(15)11-12)18-13-5-7-14(19)8-6-13/h4,9,11,13-14,16,18-19H,2-3,5-8,10H2,1H3. The Hall–Kier alpha value is -1.06. The predicted octanol–water partition coefficient (Wildman–Crippen LogP) is 3.10. The Morgan fingerprint density at radius 3 is 2.75 bits per heavy atom. The van der Waals surface area contributed by atoms with Gasteiger partial charge in [0.05, 0.1) is 12.7 Å². The van der Waals surface area contributed by atoms with Crippen LogP contribution in [-0.2, 0) is 0 Å². The van der Waals surface area contributed by atoms with Gasteiger partial charge in [-0.1, -0.05) is 12.1 Å². The second-order valence-electron chi connectivity index (χ2n) is 6.26. The highest BCUT2D eigenvalue weighted by atomic mass is 16.5. The van der Waals surface area contributed by atoms with E-state index in [0.717, 1.165) is 50.9 Å². The average molecular weight is 275 g/mol. The van der Waals surface area contributed by atoms with E-state index in [9.17, 15) is 5.11 Å². The van der Waals surface area contributed by atoms with Crippen molar-refractivity contribution >= 4 is 0 Å². The molecule has 3 rings (SSSR count). The first-order chi connectivity index (χ1) is 9.72. The summed E-state index contributed by atoms with van der Waals surface area (Å²) in [5.74, 6) is 1.05. The van der Waals surface area contributed by atoms with E-state index < -0.39 is 0 Å². The number of aliphatic hydroxyl groups excluding tert-OH is 1. The maximum absolute atomic E-state index is 9.62. The molecule has 1 aliphatic carbocycles. The topological polar surface area (TPSA) is 41.5 Å². The van der Waals surface area contributed by atoms with E-state index in [1.54, 1.807) is 0 Å². The van der Waals surface area contributed by atoms with Gasteiger partial charge in [0.1, 0.15) is 5.75 Å². The molecule has 2 N–H and O–H groups in total. The Morgan fingerprint density at radius 1 is 1.15 bits per heavy atom. The number of nitrogens with one attached hydrogen (secondary N) is 1. The van der Waals surface area contributed by atoms with Gasteiger partial charge in [0.15, 0.2) is 0 Å². The number of rotatable bonds is 2. The van der Waals surface area contributed by atoms with Gasteiger partial charge in [-0.15, -0.1) is 0 Å². The molecule has 110 valence electrons. The van der Waals surface area contributed by atoms with Crippen molar-refractivity contribution in [3.63, 3.8) is 0 Å². The predicted molar refractivity (Wildman–Crippen MR) is 80.0 cm³/mol. The third kappa shape index (κ3) is 3.15. The Bertz CT molecular complexity index is 452. The second kappa shape index (κ2) is 6.15. The van der Waals surface area contributed by atoms with E-state index >= 15 is 0 Å². The van der Waals surface area contributed by atoms with Crippen LogP contribution in [-0.4, -0.2) is 23.9 Å². The molecule has 20 heavy (non-hydrogen) atoms. The molecular weight excluding hydrogens is 250 g/mol. The van der Waals surface area contributed by atoms with Gasteiger partial charge < -0.3 is 15.2 Å². The van der Waals surface area contributed by atoms with Crippen molar-refractivity contribution in [3.05, 3.63) is 29.3 Å². The third-order valence-electron chi connectivity index (χ3n) is 4.57. The molecule has 0 saturated heterocycles. The van der Waals surface area contributed by atoms with Gasteiger partial charge in [-0.25, -0.2) is 0 Å². The van der Waals surface area contributed by atoms with E-state index in [4.69, 9.17) is 4.74 Å². The monoisotopic (exact) mass is 275 g/mol. The molecular formula is C17H25NO2. The summed E-state index contributed by atoms with van der Waals surface area (Å²) in [5.41, 5.74) is 2.56. The average Bonchev–Trinajstić information content (AvgIpc) is 2.63. The number of aryl methyl sites for hydroxylation is 1. The molecule has 2 aliphatic rings. The first-order valence-corrected chi connectivity index (χ1v) is 7.90. The Balaban J connectivity index is 1.73. The number of ether oxygens (including phenoxy) is 1. The normalized spacial score (nSPS) is 30.2. The van der Waals surface area contributed by atoms with Crippen LogP contribution in [0, 0.1) is 6.92 Å². The molecule has 0 radical (unpaired) electrons. The fraction of sp³-hybridized carbons (Fsp3) is 0.647. The van der Waals surface area contributed by atoms with Crippen LogP contribution in [0.15, 0.2) is 18.2 Å². The molecule has 1 aromatic rings. The lowest BCUT2D eigenvalue weighted by atomic mass is 9.91. The molecule has 3 heteroatoms. The summed E-state index contributed by atoms with van der Waals surface area (Å²) in [6.07, 6.45) is 6.18. The van der Waals surface area contributed by atoms with Gasteiger partial charge in [-0.3, -0.25) is 0 Å². The fourth-order valence-corrected chi connectivity index (χ4v) is 3.38. The van der Waals surface area contributed by atoms with E-state index in [2.05, 4.69) is 30.4 Å². The van der Waals surface area contributed by atoms with Crippen LogP contribution in [0.5, 0.6) is 5.75 Å². The maximum Gasteiger partial charge on any atom is 0.124 e. The van der Waals surface area contributed by atoms with E-state index in [1.807, 2.05) is 0 Å². The molecule has 0 aromatic heterocycles. The van der Waals surface area contributed by atoms with Crippen molar-refractivity contribution in [2.24, 2.45) is 0 Å². The van der Waals surface area contributed by atoms with Gasteiger partial charge >= 0.3 is 0 Å². The quantitative estimate of drug-likeness (QED) is 0.871. The maximum atomic E-state index is 9.62. The Labute approximate surface area is 121 Å². The highest BCUT2D eigenvalue weighted by Gasteiger charge is 2.25. The van der Waals surface area contributed by atoms with Crippen LogP contribution >= 0.6 is 0 Å². The first-order valence-electron chi connectivity index (χ1n) is 7.90. The van der Waals surface area contributed by atoms with Crippen molar-refractivity contribution in [1.29, 1.82) is 0 Å². The molecule has 0 spiro atoms. The highest BCUT2D eigenvalue weighted by Crippen LogP contribution is 2.33. The SMILES string of the molecule is Cc1ccc2c(c1)OCCCC2NC1CCC(O)CC1. The summed E-state index contributed by atoms with van der Waals surface area (Å²) < 4.78 is 5.89. The summed E-state index contributed by atoms with van der Waals surface area (Å²) >= 11 is 0. The van der Waals surface area contributed by atoms with Crippen LogP contribution in [0.4, 0.5) is 0 Å². The van der Waals surface area contributed by atoms with Crippen molar-refractivity contribution in [2.75, 3.05) is 6.61 Å². The third-order valence-corrected chi connectivity index (χ3v) is 4.57. The lowest BCUT2D eigenvalue weighted by molar-refractivity contribution is 0.114. The zero-order valence-electron chi connectivity index (χ0n) is 12.3. The minimum atomic E-state index is -0.0829. The van der Waals surface area contributed by atoms with Crippen molar-refractivity contribution in [1.82, 2.24) is 5.32 Å². The summed E-state index contributed by atoms with van der Waals surface area (Å²) in [6, 6.07) is 7.47. The first kappa shape index (κ1) is 13.9. The number of hydrogen-bond acceptors (Lipinski definition) is 3. The van der Waals surface area contributed by atoms with Gasteiger partial charge in [0, 0.05) is 17.6 Å². The molecule has 1 fully saturated rings. The summed E-state index contributed by atoms with van der Waals surface area (Å²) in [6.45, 7) is 2.93. The lowest BCUT2D eigenvalue weighted by Crippen LogP contribution is -2.37. The number of benzene rings is 1. The van der Waals surface area contributed by atoms with Crippen LogP contribution < -0.4 is 10.1 Å². The summed E-state index contributed by atoms with van der Waals surface area (Å²) in [7, 11) is 0. The van der Waals surface area contributed by atoms with Gasteiger partial charge in [-0.2, -0.15) is 0 Å². The van der Waals surface area contributed by atoms with Crippen molar-refractivity contribution in [2.45, 2.75) is 63.6 Å². The molecule has 1 saturated carbocycles. The van der Waals surface area contributed by atoms with Crippen LogP contribution in [0.3, 0.4) is 0 Å². The molecule has 0 amide bonds. The summed E-state index contributed by atoms with van der Waals surface area (Å²) in [5, 5.41) is 13.4. The molecule has 0 bridgehead atoms. The molecule has 1 aromatic carbocycles. The smallest absolute Gasteiger partial charge is 0.124 e. The van der Waals surface area contributed by atoms with E-state index in [1.165, 1.54) is 11.1 Å². The molecule has 1 atom stereocenters. The lowest BCUT2D eigenvalue weighted by Gasteiger charge is -2.30. The highest BCUT2D eigenvalue weighted by molar-refractivity contribution is 5.40. The number of fused-ring (bicyclic) bond motifs is 1. The Kier molecular flexibility index (Phi) is 4.27. The molecule has 3 nitrogen and oxygen atoms in total. The molecule has 1 aliphatic heterocycles. The number of aliphatic hydroxyl groups is 1. The van der Waals surface area contributed by atoms with Crippen LogP contribution in [0.1, 0.15) is 55.7 Å². The largest absolute Gasteiger partial charge is 0.493 e. The van der Waals surface area contributed by atoms with Crippen molar-refractivity contribution in [3.8, 4) is 5.75 Å². The van der Waals surface area contributed by atoms with E-state index in [0.29, 0.717) is 12.1 Å². The minimum Gasteiger partial charge on any atom is -0.493 e. The van der Waals surface area contributed by atoms with Gasteiger partial charge in [0.2, 0.25) is 0 Å². The molecule has 1 unspecified atom stereocenters. The van der Waals surface area contributed by atoms with Gasteiger partial charge in [-0.05, 0) is 57.1 Å². The number of hydrogen-bond donors (Lipinski definition) is 2.